The second kappa shape index (κ2) is 8.18. The monoisotopic (exact) mass is 307 g/mol. The number of nitrogens with one attached hydrogen (secondary N) is 1. The number of ether oxygens (including phenoxy) is 1. The Morgan fingerprint density at radius 3 is 2.59 bits per heavy atom. The van der Waals surface area contributed by atoms with Crippen LogP contribution >= 0.6 is 0 Å². The molecule has 0 heterocycles. The summed E-state index contributed by atoms with van der Waals surface area (Å²) in [6.07, 6.45) is 1.44. The number of rotatable bonds is 7. The summed E-state index contributed by atoms with van der Waals surface area (Å²) < 4.78 is 5.64. The van der Waals surface area contributed by atoms with Crippen molar-refractivity contribution in [1.29, 1.82) is 0 Å². The largest absolute Gasteiger partial charge is 0.481 e. The highest BCUT2D eigenvalue weighted by atomic mass is 16.5. The molecule has 0 saturated carbocycles. The molecule has 0 bridgehead atoms. The zero-order valence-corrected chi connectivity index (χ0v) is 14.3. The van der Waals surface area contributed by atoms with Crippen molar-refractivity contribution in [2.45, 2.75) is 66.2 Å². The summed E-state index contributed by atoms with van der Waals surface area (Å²) in [4.78, 5) is 12.2. The Kier molecular flexibility index (Phi) is 6.88. The summed E-state index contributed by atoms with van der Waals surface area (Å²) in [5.74, 6) is 0.479. The maximum Gasteiger partial charge on any atom is 0.260 e. The molecule has 1 aromatic carbocycles. The molecule has 1 aromatic rings. The van der Waals surface area contributed by atoms with Gasteiger partial charge in [-0.3, -0.25) is 4.79 Å². The lowest BCUT2D eigenvalue weighted by atomic mass is 9.89. The molecule has 4 heteroatoms. The number of carbonyl (C=O) groups is 1. The number of amides is 1. The van der Waals surface area contributed by atoms with Gasteiger partial charge in [0.25, 0.3) is 5.91 Å². The molecule has 2 atom stereocenters. The van der Waals surface area contributed by atoms with Crippen molar-refractivity contribution in [1.82, 2.24) is 5.32 Å². The smallest absolute Gasteiger partial charge is 0.260 e. The van der Waals surface area contributed by atoms with Crippen LogP contribution in [0.3, 0.4) is 0 Å². The molecule has 2 N–H and O–H groups in total. The fourth-order valence-corrected chi connectivity index (χ4v) is 2.06. The Hall–Kier alpha value is -1.55. The molecule has 4 nitrogen and oxygen atoms in total. The van der Waals surface area contributed by atoms with Gasteiger partial charge < -0.3 is 15.2 Å². The van der Waals surface area contributed by atoms with Crippen LogP contribution in [0.4, 0.5) is 0 Å². The first-order valence-corrected chi connectivity index (χ1v) is 7.88. The normalized spacial score (nSPS) is 14.3. The Morgan fingerprint density at radius 1 is 1.32 bits per heavy atom. The Bertz CT molecular complexity index is 479. The first kappa shape index (κ1) is 18.5. The van der Waals surface area contributed by atoms with Crippen molar-refractivity contribution in [2.24, 2.45) is 5.41 Å². The molecule has 1 rings (SSSR count). The topological polar surface area (TPSA) is 58.6 Å². The molecule has 0 aliphatic heterocycles. The van der Waals surface area contributed by atoms with E-state index in [0.717, 1.165) is 18.4 Å². The molecule has 0 saturated heterocycles. The minimum absolute atomic E-state index is 0.0401. The Morgan fingerprint density at radius 2 is 2.00 bits per heavy atom. The molecule has 0 aromatic heterocycles. The number of aliphatic hydroxyl groups is 1. The van der Waals surface area contributed by atoms with Gasteiger partial charge in [0.2, 0.25) is 0 Å². The second-order valence-corrected chi connectivity index (χ2v) is 7.07. The minimum atomic E-state index is -0.564. The quantitative estimate of drug-likeness (QED) is 0.813. The summed E-state index contributed by atoms with van der Waals surface area (Å²) in [5, 5.41) is 12.1. The SMILES string of the molecule is CC(CCC(C)(C)C)NC(=O)C(C)Oc1cccc(CO)c1. The van der Waals surface area contributed by atoms with E-state index < -0.39 is 6.10 Å². The number of benzene rings is 1. The Labute approximate surface area is 133 Å². The lowest BCUT2D eigenvalue weighted by Gasteiger charge is -2.23. The van der Waals surface area contributed by atoms with Crippen LogP contribution in [0, 0.1) is 5.41 Å². The third-order valence-electron chi connectivity index (χ3n) is 3.48. The average Bonchev–Trinajstić information content (AvgIpc) is 2.44. The summed E-state index contributed by atoms with van der Waals surface area (Å²) in [7, 11) is 0. The van der Waals surface area contributed by atoms with Crippen LogP contribution in [0.25, 0.3) is 0 Å². The fraction of sp³-hybridized carbons (Fsp3) is 0.611. The van der Waals surface area contributed by atoms with Gasteiger partial charge in [0.05, 0.1) is 6.61 Å². The number of hydrogen-bond acceptors (Lipinski definition) is 3. The van der Waals surface area contributed by atoms with E-state index in [-0.39, 0.29) is 24.0 Å². The van der Waals surface area contributed by atoms with Gasteiger partial charge in [-0.2, -0.15) is 0 Å². The van der Waals surface area contributed by atoms with Gasteiger partial charge in [-0.25, -0.2) is 0 Å². The molecule has 0 spiro atoms. The van der Waals surface area contributed by atoms with E-state index in [1.54, 1.807) is 25.1 Å². The van der Waals surface area contributed by atoms with Gasteiger partial charge in [-0.1, -0.05) is 32.9 Å². The highest BCUT2D eigenvalue weighted by Crippen LogP contribution is 2.21. The van der Waals surface area contributed by atoms with E-state index in [2.05, 4.69) is 26.1 Å². The number of carbonyl (C=O) groups excluding carboxylic acids is 1. The standard InChI is InChI=1S/C18H29NO3/c1-13(9-10-18(3,4)5)19-17(21)14(2)22-16-8-6-7-15(11-16)12-20/h6-8,11,13-14,20H,9-10,12H2,1-5H3,(H,19,21). The molecule has 0 radical (unpaired) electrons. The van der Waals surface area contributed by atoms with Crippen LogP contribution in [-0.2, 0) is 11.4 Å². The number of aliphatic hydroxyl groups excluding tert-OH is 1. The third kappa shape index (κ3) is 6.94. The van der Waals surface area contributed by atoms with E-state index in [4.69, 9.17) is 9.84 Å². The van der Waals surface area contributed by atoms with Gasteiger partial charge in [-0.15, -0.1) is 0 Å². The van der Waals surface area contributed by atoms with Crippen LogP contribution in [-0.4, -0.2) is 23.2 Å². The molecule has 2 unspecified atom stereocenters. The summed E-state index contributed by atoms with van der Waals surface area (Å²) >= 11 is 0. The van der Waals surface area contributed by atoms with Crippen molar-refractivity contribution in [2.75, 3.05) is 0 Å². The van der Waals surface area contributed by atoms with Gasteiger partial charge in [0, 0.05) is 6.04 Å². The predicted octanol–water partition coefficient (Wildman–Crippen LogP) is 3.28. The number of hydrogen-bond donors (Lipinski definition) is 2. The van der Waals surface area contributed by atoms with Crippen molar-refractivity contribution in [3.05, 3.63) is 29.8 Å². The van der Waals surface area contributed by atoms with Gasteiger partial charge >= 0.3 is 0 Å². The Balaban J connectivity index is 2.47. The van der Waals surface area contributed by atoms with Crippen LogP contribution in [0.1, 0.15) is 53.0 Å². The summed E-state index contributed by atoms with van der Waals surface area (Å²) in [6.45, 7) is 10.3. The van der Waals surface area contributed by atoms with Gasteiger partial charge in [0.15, 0.2) is 6.10 Å². The predicted molar refractivity (Wildman–Crippen MR) is 88.7 cm³/mol. The third-order valence-corrected chi connectivity index (χ3v) is 3.48. The lowest BCUT2D eigenvalue weighted by Crippen LogP contribution is -2.41. The zero-order valence-electron chi connectivity index (χ0n) is 14.3. The highest BCUT2D eigenvalue weighted by molar-refractivity contribution is 5.80. The molecule has 0 aliphatic rings. The molecular formula is C18H29NO3. The summed E-state index contributed by atoms with van der Waals surface area (Å²) in [6, 6.07) is 7.27. The van der Waals surface area contributed by atoms with Crippen molar-refractivity contribution in [3.8, 4) is 5.75 Å². The molecule has 124 valence electrons. The summed E-state index contributed by atoms with van der Waals surface area (Å²) in [5.41, 5.74) is 1.04. The fourth-order valence-electron chi connectivity index (χ4n) is 2.06. The molecule has 0 aliphatic carbocycles. The maximum atomic E-state index is 12.2. The van der Waals surface area contributed by atoms with E-state index in [1.807, 2.05) is 13.0 Å². The van der Waals surface area contributed by atoms with E-state index in [9.17, 15) is 4.79 Å². The van der Waals surface area contributed by atoms with Crippen LogP contribution in [0.15, 0.2) is 24.3 Å². The maximum absolute atomic E-state index is 12.2. The molecule has 1 amide bonds. The van der Waals surface area contributed by atoms with E-state index >= 15 is 0 Å². The van der Waals surface area contributed by atoms with Crippen LogP contribution in [0.2, 0.25) is 0 Å². The minimum Gasteiger partial charge on any atom is -0.481 e. The second-order valence-electron chi connectivity index (χ2n) is 7.07. The van der Waals surface area contributed by atoms with Crippen LogP contribution < -0.4 is 10.1 Å². The highest BCUT2D eigenvalue weighted by Gasteiger charge is 2.18. The molecular weight excluding hydrogens is 278 g/mol. The van der Waals surface area contributed by atoms with E-state index in [1.165, 1.54) is 0 Å². The molecule has 22 heavy (non-hydrogen) atoms. The first-order valence-electron chi connectivity index (χ1n) is 7.88. The zero-order chi connectivity index (χ0) is 16.8. The van der Waals surface area contributed by atoms with Crippen molar-refractivity contribution >= 4 is 5.91 Å². The van der Waals surface area contributed by atoms with E-state index in [0.29, 0.717) is 5.75 Å². The van der Waals surface area contributed by atoms with Gasteiger partial charge in [-0.05, 0) is 49.8 Å². The lowest BCUT2D eigenvalue weighted by molar-refractivity contribution is -0.127. The van der Waals surface area contributed by atoms with Crippen LogP contribution in [0.5, 0.6) is 5.75 Å². The first-order chi connectivity index (χ1) is 10.2. The average molecular weight is 307 g/mol. The molecule has 0 fully saturated rings. The van der Waals surface area contributed by atoms with Crippen molar-refractivity contribution in [3.63, 3.8) is 0 Å². The van der Waals surface area contributed by atoms with Crippen molar-refractivity contribution < 1.29 is 14.6 Å². The van der Waals surface area contributed by atoms with Gasteiger partial charge in [0.1, 0.15) is 5.75 Å².